The summed E-state index contributed by atoms with van der Waals surface area (Å²) in [6.07, 6.45) is 2.63. The molecule has 4 nitrogen and oxygen atoms in total. The minimum absolute atomic E-state index is 0.0580. The maximum atomic E-state index is 12.3. The van der Waals surface area contributed by atoms with Crippen molar-refractivity contribution in [2.75, 3.05) is 19.7 Å². The zero-order valence-corrected chi connectivity index (χ0v) is 12.1. The molecule has 1 heterocycles. The van der Waals surface area contributed by atoms with Crippen LogP contribution < -0.4 is 5.73 Å². The summed E-state index contributed by atoms with van der Waals surface area (Å²) in [5, 5.41) is 0. The lowest BCUT2D eigenvalue weighted by molar-refractivity contribution is -0.140. The van der Waals surface area contributed by atoms with Gasteiger partial charge in [-0.3, -0.25) is 4.79 Å². The van der Waals surface area contributed by atoms with Gasteiger partial charge in [-0.25, -0.2) is 0 Å². The van der Waals surface area contributed by atoms with E-state index < -0.39 is 6.04 Å². The minimum atomic E-state index is -0.411. The molecule has 1 aromatic carbocycles. The molecule has 1 fully saturated rings. The van der Waals surface area contributed by atoms with Crippen LogP contribution in [0.25, 0.3) is 0 Å². The summed E-state index contributed by atoms with van der Waals surface area (Å²) >= 11 is 0. The molecule has 2 rings (SSSR count). The van der Waals surface area contributed by atoms with Gasteiger partial charge in [0.05, 0.1) is 18.8 Å². The second-order valence-electron chi connectivity index (χ2n) is 5.32. The second kappa shape index (κ2) is 7.41. The van der Waals surface area contributed by atoms with E-state index in [4.69, 9.17) is 10.5 Å². The molecule has 110 valence electrons. The summed E-state index contributed by atoms with van der Waals surface area (Å²) in [4.78, 5) is 14.2. The Morgan fingerprint density at radius 3 is 2.90 bits per heavy atom. The lowest BCUT2D eigenvalue weighted by atomic mass is 10.0. The van der Waals surface area contributed by atoms with Gasteiger partial charge >= 0.3 is 0 Å². The fourth-order valence-electron chi connectivity index (χ4n) is 2.49. The van der Waals surface area contributed by atoms with Crippen molar-refractivity contribution in [2.24, 2.45) is 5.73 Å². The third-order valence-corrected chi connectivity index (χ3v) is 3.81. The average molecular weight is 276 g/mol. The number of rotatable bonds is 5. The molecule has 4 heteroatoms. The van der Waals surface area contributed by atoms with Gasteiger partial charge in [0.2, 0.25) is 5.91 Å². The van der Waals surface area contributed by atoms with E-state index >= 15 is 0 Å². The van der Waals surface area contributed by atoms with Crippen LogP contribution in [0.2, 0.25) is 0 Å². The molecule has 1 unspecified atom stereocenters. The first-order chi connectivity index (χ1) is 9.70. The molecule has 0 aliphatic carbocycles. The smallest absolute Gasteiger partial charge is 0.239 e. The summed E-state index contributed by atoms with van der Waals surface area (Å²) < 4.78 is 5.58. The van der Waals surface area contributed by atoms with Crippen molar-refractivity contribution in [1.82, 2.24) is 4.90 Å². The first-order valence-electron chi connectivity index (χ1n) is 7.40. The molecule has 0 spiro atoms. The molecule has 1 aliphatic heterocycles. The predicted molar refractivity (Wildman–Crippen MR) is 79.3 cm³/mol. The van der Waals surface area contributed by atoms with Crippen LogP contribution in [-0.4, -0.2) is 42.6 Å². The fraction of sp³-hybridized carbons (Fsp3) is 0.562. The number of carbonyl (C=O) groups excluding carboxylic acids is 1. The Balaban J connectivity index is 1.82. The van der Waals surface area contributed by atoms with Gasteiger partial charge in [0.25, 0.3) is 0 Å². The maximum absolute atomic E-state index is 12.3. The van der Waals surface area contributed by atoms with Crippen LogP contribution >= 0.6 is 0 Å². The molecule has 1 aromatic rings. The Hall–Kier alpha value is -1.39. The van der Waals surface area contributed by atoms with E-state index in [1.165, 1.54) is 5.56 Å². The number of morpholine rings is 1. The van der Waals surface area contributed by atoms with Gasteiger partial charge in [-0.2, -0.15) is 0 Å². The van der Waals surface area contributed by atoms with Crippen molar-refractivity contribution in [1.29, 1.82) is 0 Å². The SMILES string of the molecule is CCC1CN(C(=O)[C@@H](N)CCc2ccccc2)CCO1. The third kappa shape index (κ3) is 4.05. The number of benzene rings is 1. The van der Waals surface area contributed by atoms with Crippen molar-refractivity contribution in [3.8, 4) is 0 Å². The van der Waals surface area contributed by atoms with Gasteiger partial charge in [0.15, 0.2) is 0 Å². The van der Waals surface area contributed by atoms with E-state index in [-0.39, 0.29) is 12.0 Å². The van der Waals surface area contributed by atoms with Crippen LogP contribution in [0.15, 0.2) is 30.3 Å². The van der Waals surface area contributed by atoms with Crippen LogP contribution in [0.1, 0.15) is 25.3 Å². The summed E-state index contributed by atoms with van der Waals surface area (Å²) in [6.45, 7) is 4.03. The van der Waals surface area contributed by atoms with Gasteiger partial charge in [-0.15, -0.1) is 0 Å². The summed E-state index contributed by atoms with van der Waals surface area (Å²) in [6, 6.07) is 9.74. The maximum Gasteiger partial charge on any atom is 0.239 e. The van der Waals surface area contributed by atoms with Crippen molar-refractivity contribution in [3.05, 3.63) is 35.9 Å². The minimum Gasteiger partial charge on any atom is -0.375 e. The predicted octanol–water partition coefficient (Wildman–Crippen LogP) is 1.58. The van der Waals surface area contributed by atoms with Crippen LogP contribution in [-0.2, 0) is 16.0 Å². The highest BCUT2D eigenvalue weighted by molar-refractivity contribution is 5.81. The highest BCUT2D eigenvalue weighted by Crippen LogP contribution is 2.11. The number of nitrogens with zero attached hydrogens (tertiary/aromatic N) is 1. The lowest BCUT2D eigenvalue weighted by Gasteiger charge is -2.34. The topological polar surface area (TPSA) is 55.6 Å². The van der Waals surface area contributed by atoms with Crippen molar-refractivity contribution in [2.45, 2.75) is 38.3 Å². The standard InChI is InChI=1S/C16H24N2O2/c1-2-14-12-18(10-11-20-14)16(19)15(17)9-8-13-6-4-3-5-7-13/h3-7,14-15H,2,8-12,17H2,1H3/t14?,15-/m0/s1. The average Bonchev–Trinajstić information content (AvgIpc) is 2.53. The summed E-state index contributed by atoms with van der Waals surface area (Å²) in [7, 11) is 0. The Morgan fingerprint density at radius 2 is 2.20 bits per heavy atom. The molecule has 1 saturated heterocycles. The number of aryl methyl sites for hydroxylation is 1. The van der Waals surface area contributed by atoms with Crippen LogP contribution in [0, 0.1) is 0 Å². The van der Waals surface area contributed by atoms with E-state index in [2.05, 4.69) is 19.1 Å². The number of hydrogen-bond donors (Lipinski definition) is 1. The quantitative estimate of drug-likeness (QED) is 0.888. The Kier molecular flexibility index (Phi) is 5.56. The molecule has 2 atom stereocenters. The monoisotopic (exact) mass is 276 g/mol. The molecule has 1 aliphatic rings. The zero-order valence-electron chi connectivity index (χ0n) is 12.1. The first kappa shape index (κ1) is 15.0. The van der Waals surface area contributed by atoms with E-state index in [0.29, 0.717) is 26.1 Å². The molecule has 0 radical (unpaired) electrons. The number of carbonyl (C=O) groups is 1. The van der Waals surface area contributed by atoms with Crippen molar-refractivity contribution < 1.29 is 9.53 Å². The second-order valence-corrected chi connectivity index (χ2v) is 5.32. The number of ether oxygens (including phenoxy) is 1. The van der Waals surface area contributed by atoms with Gasteiger partial charge in [-0.1, -0.05) is 37.3 Å². The van der Waals surface area contributed by atoms with E-state index in [0.717, 1.165) is 12.8 Å². The van der Waals surface area contributed by atoms with Gasteiger partial charge in [-0.05, 0) is 24.8 Å². The molecule has 0 saturated carbocycles. The van der Waals surface area contributed by atoms with E-state index in [1.807, 2.05) is 23.1 Å². The van der Waals surface area contributed by atoms with Crippen LogP contribution in [0.3, 0.4) is 0 Å². The Morgan fingerprint density at radius 1 is 1.45 bits per heavy atom. The summed E-state index contributed by atoms with van der Waals surface area (Å²) in [5.41, 5.74) is 7.28. The van der Waals surface area contributed by atoms with Crippen molar-refractivity contribution in [3.63, 3.8) is 0 Å². The van der Waals surface area contributed by atoms with Crippen LogP contribution in [0.5, 0.6) is 0 Å². The largest absolute Gasteiger partial charge is 0.375 e. The fourth-order valence-corrected chi connectivity index (χ4v) is 2.49. The Bertz CT molecular complexity index is 422. The number of nitrogens with two attached hydrogens (primary N) is 1. The molecular formula is C16H24N2O2. The van der Waals surface area contributed by atoms with E-state index in [1.54, 1.807) is 0 Å². The summed E-state index contributed by atoms with van der Waals surface area (Å²) in [5.74, 6) is 0.0580. The zero-order chi connectivity index (χ0) is 14.4. The highest BCUT2D eigenvalue weighted by atomic mass is 16.5. The van der Waals surface area contributed by atoms with Crippen LogP contribution in [0.4, 0.5) is 0 Å². The van der Waals surface area contributed by atoms with Gasteiger partial charge in [0.1, 0.15) is 0 Å². The van der Waals surface area contributed by atoms with Gasteiger partial charge in [0, 0.05) is 13.1 Å². The molecule has 0 aromatic heterocycles. The van der Waals surface area contributed by atoms with Crippen molar-refractivity contribution >= 4 is 5.91 Å². The number of hydrogen-bond acceptors (Lipinski definition) is 3. The Labute approximate surface area is 120 Å². The molecule has 2 N–H and O–H groups in total. The first-order valence-corrected chi connectivity index (χ1v) is 7.40. The van der Waals surface area contributed by atoms with E-state index in [9.17, 15) is 4.79 Å². The molecule has 1 amide bonds. The molecule has 20 heavy (non-hydrogen) atoms. The molecular weight excluding hydrogens is 252 g/mol. The normalized spacial score (nSPS) is 20.7. The molecule has 0 bridgehead atoms. The van der Waals surface area contributed by atoms with Gasteiger partial charge < -0.3 is 15.4 Å². The number of amides is 1. The lowest BCUT2D eigenvalue weighted by Crippen LogP contribution is -2.51. The third-order valence-electron chi connectivity index (χ3n) is 3.81. The highest BCUT2D eigenvalue weighted by Gasteiger charge is 2.26.